The fraction of sp³-hybridized carbons (Fsp3) is 0.636. The third-order valence-electron chi connectivity index (χ3n) is 2.21. The monoisotopic (exact) mass is 232 g/mol. The van der Waals surface area contributed by atoms with Gasteiger partial charge in [0.05, 0.1) is 19.3 Å². The SMILES string of the molecule is C=CC1C=CC(OCCOC)[C@@H](O)C(F)O1. The van der Waals surface area contributed by atoms with Crippen LogP contribution in [-0.4, -0.2) is 50.1 Å². The minimum Gasteiger partial charge on any atom is -0.384 e. The van der Waals surface area contributed by atoms with E-state index in [-0.39, 0.29) is 6.61 Å². The standard InChI is InChI=1S/C11H17FO4/c1-3-8-4-5-9(15-7-6-14-2)10(13)11(12)16-8/h3-5,8-11,13H,1,6-7H2,2H3/t8?,9?,10-,11?/m1/s1. The van der Waals surface area contributed by atoms with E-state index >= 15 is 0 Å². The van der Waals surface area contributed by atoms with Gasteiger partial charge in [-0.15, -0.1) is 6.58 Å². The molecule has 1 aliphatic rings. The van der Waals surface area contributed by atoms with Crippen LogP contribution < -0.4 is 0 Å². The zero-order chi connectivity index (χ0) is 12.0. The van der Waals surface area contributed by atoms with Crippen molar-refractivity contribution in [2.75, 3.05) is 20.3 Å². The van der Waals surface area contributed by atoms with Crippen LogP contribution in [0, 0.1) is 0 Å². The topological polar surface area (TPSA) is 47.9 Å². The molecule has 4 nitrogen and oxygen atoms in total. The zero-order valence-corrected chi connectivity index (χ0v) is 9.21. The molecule has 0 spiro atoms. The second-order valence-electron chi connectivity index (χ2n) is 3.39. The Kier molecular flexibility index (Phi) is 5.62. The highest BCUT2D eigenvalue weighted by molar-refractivity contribution is 5.06. The highest BCUT2D eigenvalue weighted by atomic mass is 19.1. The van der Waals surface area contributed by atoms with Gasteiger partial charge in [0.2, 0.25) is 6.36 Å². The van der Waals surface area contributed by atoms with Crippen LogP contribution >= 0.6 is 0 Å². The molecule has 0 fully saturated rings. The number of alkyl halides is 1. The van der Waals surface area contributed by atoms with Crippen molar-refractivity contribution in [3.8, 4) is 0 Å². The van der Waals surface area contributed by atoms with Gasteiger partial charge in [0, 0.05) is 7.11 Å². The number of methoxy groups -OCH3 is 1. The van der Waals surface area contributed by atoms with Crippen LogP contribution in [0.1, 0.15) is 0 Å². The molecule has 0 saturated carbocycles. The number of hydrogen-bond acceptors (Lipinski definition) is 4. The van der Waals surface area contributed by atoms with E-state index in [0.717, 1.165) is 0 Å². The van der Waals surface area contributed by atoms with Crippen LogP contribution in [0.4, 0.5) is 4.39 Å². The lowest BCUT2D eigenvalue weighted by Gasteiger charge is -2.21. The van der Waals surface area contributed by atoms with Crippen LogP contribution in [-0.2, 0) is 14.2 Å². The summed E-state index contributed by atoms with van der Waals surface area (Å²) >= 11 is 0. The Balaban J connectivity index is 2.55. The first-order valence-electron chi connectivity index (χ1n) is 5.08. The van der Waals surface area contributed by atoms with Gasteiger partial charge < -0.3 is 19.3 Å². The highest BCUT2D eigenvalue weighted by Gasteiger charge is 2.31. The second kappa shape index (κ2) is 6.75. The normalized spacial score (nSPS) is 34.7. The number of aliphatic hydroxyl groups is 1. The summed E-state index contributed by atoms with van der Waals surface area (Å²) < 4.78 is 28.3. The number of hydrogen-bond donors (Lipinski definition) is 1. The molecule has 4 atom stereocenters. The quantitative estimate of drug-likeness (QED) is 0.563. The maximum Gasteiger partial charge on any atom is 0.228 e. The van der Waals surface area contributed by atoms with Gasteiger partial charge in [0.1, 0.15) is 12.2 Å². The molecule has 16 heavy (non-hydrogen) atoms. The Morgan fingerprint density at radius 3 is 2.88 bits per heavy atom. The molecule has 1 heterocycles. The van der Waals surface area contributed by atoms with Crippen LogP contribution in [0.3, 0.4) is 0 Å². The number of aliphatic hydroxyl groups excluding tert-OH is 1. The van der Waals surface area contributed by atoms with Gasteiger partial charge in [-0.05, 0) is 0 Å². The van der Waals surface area contributed by atoms with Crippen molar-refractivity contribution in [2.24, 2.45) is 0 Å². The van der Waals surface area contributed by atoms with Crippen molar-refractivity contribution in [1.82, 2.24) is 0 Å². The molecular weight excluding hydrogens is 215 g/mol. The van der Waals surface area contributed by atoms with Gasteiger partial charge in [-0.3, -0.25) is 0 Å². The lowest BCUT2D eigenvalue weighted by Crippen LogP contribution is -2.37. The molecule has 3 unspecified atom stereocenters. The Morgan fingerprint density at radius 2 is 2.25 bits per heavy atom. The lowest BCUT2D eigenvalue weighted by molar-refractivity contribution is -0.152. The Morgan fingerprint density at radius 1 is 1.50 bits per heavy atom. The van der Waals surface area contributed by atoms with Gasteiger partial charge in [-0.1, -0.05) is 18.2 Å². The maximum absolute atomic E-state index is 13.4. The van der Waals surface area contributed by atoms with Crippen LogP contribution in [0.5, 0.6) is 0 Å². The zero-order valence-electron chi connectivity index (χ0n) is 9.21. The first-order valence-corrected chi connectivity index (χ1v) is 5.08. The molecule has 0 aliphatic carbocycles. The maximum atomic E-state index is 13.4. The van der Waals surface area contributed by atoms with E-state index in [0.29, 0.717) is 6.61 Å². The van der Waals surface area contributed by atoms with E-state index < -0.39 is 24.7 Å². The highest BCUT2D eigenvalue weighted by Crippen LogP contribution is 2.18. The van der Waals surface area contributed by atoms with Gasteiger partial charge >= 0.3 is 0 Å². The molecule has 0 radical (unpaired) electrons. The summed E-state index contributed by atoms with van der Waals surface area (Å²) in [5, 5.41) is 9.58. The molecule has 0 aromatic heterocycles. The summed E-state index contributed by atoms with van der Waals surface area (Å²) in [5.74, 6) is 0. The number of ether oxygens (including phenoxy) is 3. The van der Waals surface area contributed by atoms with Gasteiger partial charge in [-0.25, -0.2) is 4.39 Å². The predicted octanol–water partition coefficient (Wildman–Crippen LogP) is 0.816. The van der Waals surface area contributed by atoms with Crippen molar-refractivity contribution in [2.45, 2.75) is 24.7 Å². The molecule has 1 rings (SSSR count). The van der Waals surface area contributed by atoms with E-state index in [2.05, 4.69) is 6.58 Å². The third kappa shape index (κ3) is 3.68. The third-order valence-corrected chi connectivity index (χ3v) is 2.21. The number of rotatable bonds is 5. The molecule has 1 N–H and O–H groups in total. The van der Waals surface area contributed by atoms with Crippen LogP contribution in [0.25, 0.3) is 0 Å². The molecule has 0 bridgehead atoms. The van der Waals surface area contributed by atoms with E-state index in [1.54, 1.807) is 12.2 Å². The predicted molar refractivity (Wildman–Crippen MR) is 56.7 cm³/mol. The van der Waals surface area contributed by atoms with Crippen molar-refractivity contribution in [3.05, 3.63) is 24.8 Å². The van der Waals surface area contributed by atoms with Gasteiger partial charge in [0.15, 0.2) is 0 Å². The lowest BCUT2D eigenvalue weighted by atomic mass is 10.2. The molecule has 92 valence electrons. The molecule has 5 heteroatoms. The summed E-state index contributed by atoms with van der Waals surface area (Å²) in [5.41, 5.74) is 0. The Hall–Kier alpha value is -0.750. The van der Waals surface area contributed by atoms with E-state index in [4.69, 9.17) is 14.2 Å². The minimum absolute atomic E-state index is 0.286. The summed E-state index contributed by atoms with van der Waals surface area (Å²) in [7, 11) is 1.54. The molecule has 0 amide bonds. The first-order chi connectivity index (χ1) is 7.69. The molecule has 1 aliphatic heterocycles. The average Bonchev–Trinajstić information content (AvgIpc) is 2.42. The average molecular weight is 232 g/mol. The first kappa shape index (κ1) is 13.3. The van der Waals surface area contributed by atoms with Gasteiger partial charge in [-0.2, -0.15) is 0 Å². The molecule has 0 saturated heterocycles. The van der Waals surface area contributed by atoms with Gasteiger partial charge in [0.25, 0.3) is 0 Å². The van der Waals surface area contributed by atoms with Crippen molar-refractivity contribution in [1.29, 1.82) is 0 Å². The van der Waals surface area contributed by atoms with Crippen LogP contribution in [0.15, 0.2) is 24.8 Å². The Labute approximate surface area is 94.3 Å². The van der Waals surface area contributed by atoms with Crippen molar-refractivity contribution >= 4 is 0 Å². The molecule has 0 aromatic carbocycles. The smallest absolute Gasteiger partial charge is 0.228 e. The number of halogens is 1. The fourth-order valence-corrected chi connectivity index (χ4v) is 1.31. The van der Waals surface area contributed by atoms with Crippen LogP contribution in [0.2, 0.25) is 0 Å². The largest absolute Gasteiger partial charge is 0.384 e. The Bertz CT molecular complexity index is 244. The summed E-state index contributed by atoms with van der Waals surface area (Å²) in [6, 6.07) is 0. The minimum atomic E-state index is -1.79. The van der Waals surface area contributed by atoms with E-state index in [1.807, 2.05) is 0 Å². The fourth-order valence-electron chi connectivity index (χ4n) is 1.31. The second-order valence-corrected chi connectivity index (χ2v) is 3.39. The molecular formula is C11H17FO4. The van der Waals surface area contributed by atoms with Crippen molar-refractivity contribution in [3.63, 3.8) is 0 Å². The summed E-state index contributed by atoms with van der Waals surface area (Å²) in [6.45, 7) is 4.18. The summed E-state index contributed by atoms with van der Waals surface area (Å²) in [4.78, 5) is 0. The molecule has 0 aromatic rings. The van der Waals surface area contributed by atoms with Crippen molar-refractivity contribution < 1.29 is 23.7 Å². The van der Waals surface area contributed by atoms with E-state index in [1.165, 1.54) is 13.2 Å². The summed E-state index contributed by atoms with van der Waals surface area (Å²) in [6.07, 6.45) is 0.242. The van der Waals surface area contributed by atoms with E-state index in [9.17, 15) is 9.50 Å².